The number of amides is 1. The van der Waals surface area contributed by atoms with Gasteiger partial charge >= 0.3 is 0 Å². The zero-order valence-corrected chi connectivity index (χ0v) is 16.5. The summed E-state index contributed by atoms with van der Waals surface area (Å²) in [4.78, 5) is 30.5. The maximum Gasteiger partial charge on any atom is 0.265 e. The first-order valence-electron chi connectivity index (χ1n) is 9.13. The predicted octanol–water partition coefficient (Wildman–Crippen LogP) is 4.66. The number of para-hydroxylation sites is 1. The van der Waals surface area contributed by atoms with E-state index in [0.29, 0.717) is 16.4 Å². The summed E-state index contributed by atoms with van der Waals surface area (Å²) >= 11 is 5.96. The molecule has 0 unspecified atom stereocenters. The van der Waals surface area contributed by atoms with E-state index >= 15 is 0 Å². The highest BCUT2D eigenvalue weighted by Gasteiger charge is 2.17. The second-order valence-corrected chi connectivity index (χ2v) is 7.20. The van der Waals surface area contributed by atoms with Crippen LogP contribution in [0.15, 0.2) is 77.7 Å². The van der Waals surface area contributed by atoms with Crippen molar-refractivity contribution in [3.63, 3.8) is 0 Å². The van der Waals surface area contributed by atoms with Gasteiger partial charge in [0.1, 0.15) is 11.2 Å². The number of fused-ring (bicyclic) bond motifs is 1. The summed E-state index contributed by atoms with van der Waals surface area (Å²) in [5.74, 6) is -0.445. The van der Waals surface area contributed by atoms with Gasteiger partial charge < -0.3 is 5.32 Å². The van der Waals surface area contributed by atoms with Gasteiger partial charge in [0.25, 0.3) is 11.5 Å². The van der Waals surface area contributed by atoms with Crippen LogP contribution in [0.4, 0.5) is 5.69 Å². The summed E-state index contributed by atoms with van der Waals surface area (Å²) < 4.78 is 1.52. The Kier molecular flexibility index (Phi) is 5.14. The van der Waals surface area contributed by atoms with Crippen LogP contribution in [0, 0.1) is 6.92 Å². The number of hydrogen-bond acceptors (Lipinski definition) is 3. The highest BCUT2D eigenvalue weighted by atomic mass is 35.5. The van der Waals surface area contributed by atoms with E-state index in [1.165, 1.54) is 4.57 Å². The SMILES string of the molecule is Cc1ccccc1NC(=O)c1cc2cccnc2n(Cc2ccc(Cl)cc2)c1=O. The van der Waals surface area contributed by atoms with Crippen LogP contribution in [0.25, 0.3) is 11.0 Å². The van der Waals surface area contributed by atoms with E-state index < -0.39 is 11.5 Å². The fourth-order valence-electron chi connectivity index (χ4n) is 3.19. The van der Waals surface area contributed by atoms with E-state index in [4.69, 9.17) is 11.6 Å². The molecule has 144 valence electrons. The lowest BCUT2D eigenvalue weighted by Crippen LogP contribution is -2.30. The van der Waals surface area contributed by atoms with Gasteiger partial charge in [-0.25, -0.2) is 4.98 Å². The number of halogens is 1. The zero-order chi connectivity index (χ0) is 20.4. The minimum atomic E-state index is -0.445. The molecule has 1 amide bonds. The molecule has 0 saturated carbocycles. The molecule has 0 atom stereocenters. The summed E-state index contributed by atoms with van der Waals surface area (Å²) in [5.41, 5.74) is 2.69. The van der Waals surface area contributed by atoms with E-state index in [1.54, 1.807) is 30.5 Å². The summed E-state index contributed by atoms with van der Waals surface area (Å²) in [6.07, 6.45) is 1.63. The average Bonchev–Trinajstić information content (AvgIpc) is 2.73. The third kappa shape index (κ3) is 3.91. The molecule has 29 heavy (non-hydrogen) atoms. The Morgan fingerprint density at radius 2 is 1.83 bits per heavy atom. The summed E-state index contributed by atoms with van der Waals surface area (Å²) in [6, 6.07) is 19.9. The van der Waals surface area contributed by atoms with E-state index in [2.05, 4.69) is 10.3 Å². The van der Waals surface area contributed by atoms with Gasteiger partial charge in [-0.1, -0.05) is 41.9 Å². The number of nitrogens with one attached hydrogen (secondary N) is 1. The molecular formula is C23H18ClN3O2. The Hall–Kier alpha value is -3.44. The number of aryl methyl sites for hydroxylation is 1. The molecule has 6 heteroatoms. The lowest BCUT2D eigenvalue weighted by atomic mass is 10.1. The molecule has 0 saturated heterocycles. The van der Waals surface area contributed by atoms with Crippen molar-refractivity contribution >= 4 is 34.2 Å². The molecule has 2 aromatic heterocycles. The summed E-state index contributed by atoms with van der Waals surface area (Å²) in [5, 5.41) is 4.18. The molecular weight excluding hydrogens is 386 g/mol. The minimum absolute atomic E-state index is 0.0720. The van der Waals surface area contributed by atoms with Gasteiger partial charge in [-0.15, -0.1) is 0 Å². The van der Waals surface area contributed by atoms with Crippen LogP contribution in [0.1, 0.15) is 21.5 Å². The highest BCUT2D eigenvalue weighted by Crippen LogP contribution is 2.17. The second kappa shape index (κ2) is 7.89. The van der Waals surface area contributed by atoms with Crippen molar-refractivity contribution in [3.05, 3.63) is 105 Å². The molecule has 0 fully saturated rings. The fraction of sp³-hybridized carbons (Fsp3) is 0.0870. The van der Waals surface area contributed by atoms with Crippen LogP contribution in [0.2, 0.25) is 5.02 Å². The van der Waals surface area contributed by atoms with Gasteiger partial charge in [0.15, 0.2) is 0 Å². The Morgan fingerprint density at radius 1 is 1.07 bits per heavy atom. The average molecular weight is 404 g/mol. The fourth-order valence-corrected chi connectivity index (χ4v) is 3.32. The third-order valence-electron chi connectivity index (χ3n) is 4.74. The van der Waals surface area contributed by atoms with E-state index in [1.807, 2.05) is 49.4 Å². The van der Waals surface area contributed by atoms with Crippen LogP contribution >= 0.6 is 11.6 Å². The number of carbonyl (C=O) groups excluding carboxylic acids is 1. The maximum absolute atomic E-state index is 13.2. The Bertz CT molecular complexity index is 1260. The number of benzene rings is 2. The standard InChI is InChI=1S/C23H18ClN3O2/c1-15-5-2-3-7-20(15)26-22(28)19-13-17-6-4-12-25-21(17)27(23(19)29)14-16-8-10-18(24)11-9-16/h2-13H,14H2,1H3,(H,26,28). The molecule has 0 aliphatic heterocycles. The number of hydrogen-bond donors (Lipinski definition) is 1. The number of rotatable bonds is 4. The Labute approximate surface area is 172 Å². The van der Waals surface area contributed by atoms with Crippen LogP contribution in [-0.4, -0.2) is 15.5 Å². The lowest BCUT2D eigenvalue weighted by Gasteiger charge is -2.13. The maximum atomic E-state index is 13.2. The molecule has 4 rings (SSSR count). The molecule has 0 radical (unpaired) electrons. The monoisotopic (exact) mass is 403 g/mol. The third-order valence-corrected chi connectivity index (χ3v) is 4.99. The van der Waals surface area contributed by atoms with E-state index in [0.717, 1.165) is 16.5 Å². The molecule has 0 aliphatic rings. The lowest BCUT2D eigenvalue weighted by molar-refractivity contribution is 0.102. The zero-order valence-electron chi connectivity index (χ0n) is 15.7. The molecule has 0 spiro atoms. The van der Waals surface area contributed by atoms with Crippen molar-refractivity contribution in [1.82, 2.24) is 9.55 Å². The number of anilines is 1. The van der Waals surface area contributed by atoms with Gasteiger partial charge in [-0.05, 0) is 54.4 Å². The summed E-state index contributed by atoms with van der Waals surface area (Å²) in [6.45, 7) is 2.19. The Balaban J connectivity index is 1.80. The van der Waals surface area contributed by atoms with Gasteiger partial charge in [0, 0.05) is 22.3 Å². The first kappa shape index (κ1) is 18.9. The first-order chi connectivity index (χ1) is 14.0. The Morgan fingerprint density at radius 3 is 2.59 bits per heavy atom. The van der Waals surface area contributed by atoms with Crippen molar-refractivity contribution < 1.29 is 4.79 Å². The number of pyridine rings is 2. The van der Waals surface area contributed by atoms with Gasteiger partial charge in [0.2, 0.25) is 0 Å². The number of carbonyl (C=O) groups is 1. The van der Waals surface area contributed by atoms with Crippen LogP contribution in [-0.2, 0) is 6.54 Å². The minimum Gasteiger partial charge on any atom is -0.322 e. The molecule has 2 heterocycles. The van der Waals surface area contributed by atoms with Gasteiger partial charge in [-0.3, -0.25) is 14.2 Å². The molecule has 5 nitrogen and oxygen atoms in total. The van der Waals surface area contributed by atoms with Crippen molar-refractivity contribution in [2.24, 2.45) is 0 Å². The van der Waals surface area contributed by atoms with E-state index in [-0.39, 0.29) is 12.1 Å². The highest BCUT2D eigenvalue weighted by molar-refractivity contribution is 6.30. The van der Waals surface area contributed by atoms with Crippen molar-refractivity contribution in [2.75, 3.05) is 5.32 Å². The largest absolute Gasteiger partial charge is 0.322 e. The van der Waals surface area contributed by atoms with Crippen LogP contribution in [0.3, 0.4) is 0 Å². The molecule has 2 aromatic carbocycles. The molecule has 0 aliphatic carbocycles. The van der Waals surface area contributed by atoms with Crippen LogP contribution < -0.4 is 10.9 Å². The quantitative estimate of drug-likeness (QED) is 0.539. The van der Waals surface area contributed by atoms with Crippen molar-refractivity contribution in [3.8, 4) is 0 Å². The first-order valence-corrected chi connectivity index (χ1v) is 9.51. The van der Waals surface area contributed by atoms with E-state index in [9.17, 15) is 9.59 Å². The molecule has 0 bridgehead atoms. The number of aromatic nitrogens is 2. The predicted molar refractivity (Wildman–Crippen MR) is 116 cm³/mol. The van der Waals surface area contributed by atoms with Crippen LogP contribution in [0.5, 0.6) is 0 Å². The van der Waals surface area contributed by atoms with Crippen molar-refractivity contribution in [1.29, 1.82) is 0 Å². The summed E-state index contributed by atoms with van der Waals surface area (Å²) in [7, 11) is 0. The smallest absolute Gasteiger partial charge is 0.265 e. The topological polar surface area (TPSA) is 64.0 Å². The van der Waals surface area contributed by atoms with Gasteiger partial charge in [-0.2, -0.15) is 0 Å². The normalized spacial score (nSPS) is 10.8. The van der Waals surface area contributed by atoms with Gasteiger partial charge in [0.05, 0.1) is 6.54 Å². The number of nitrogens with zero attached hydrogens (tertiary/aromatic N) is 2. The van der Waals surface area contributed by atoms with Crippen molar-refractivity contribution in [2.45, 2.75) is 13.5 Å². The molecule has 4 aromatic rings. The molecule has 1 N–H and O–H groups in total. The second-order valence-electron chi connectivity index (χ2n) is 6.76.